The van der Waals surface area contributed by atoms with Gasteiger partial charge in [0.2, 0.25) is 11.8 Å². The molecule has 0 saturated carbocycles. The summed E-state index contributed by atoms with van der Waals surface area (Å²) in [6.45, 7) is 5.49. The number of rotatable bonds is 9. The van der Waals surface area contributed by atoms with Gasteiger partial charge in [-0.1, -0.05) is 25.5 Å². The minimum Gasteiger partial charge on any atom is -0.379 e. The Hall–Kier alpha value is -2.64. The van der Waals surface area contributed by atoms with Crippen molar-refractivity contribution < 1.29 is 14.5 Å². The molecule has 0 bridgehead atoms. The maximum absolute atomic E-state index is 12.7. The molecule has 154 valence electrons. The number of unbranched alkanes of at least 4 members (excludes halogenated alkanes) is 1. The van der Waals surface area contributed by atoms with E-state index in [2.05, 4.69) is 17.6 Å². The number of nitrogens with zero attached hydrogens (tertiary/aromatic N) is 2. The molecule has 1 aliphatic rings. The number of hydrogen-bond acceptors (Lipinski definition) is 5. The van der Waals surface area contributed by atoms with Gasteiger partial charge >= 0.3 is 0 Å². The molecule has 2 rings (SSSR count). The molecule has 2 unspecified atom stereocenters. The molecule has 1 saturated heterocycles. The summed E-state index contributed by atoms with van der Waals surface area (Å²) in [5, 5.41) is 17.0. The number of nitrogens with one attached hydrogen (secondary N) is 2. The second kappa shape index (κ2) is 10.6. The highest BCUT2D eigenvalue weighted by molar-refractivity contribution is 5.81. The van der Waals surface area contributed by atoms with E-state index >= 15 is 0 Å². The number of para-hydroxylation sites is 2. The maximum Gasteiger partial charge on any atom is 0.292 e. The summed E-state index contributed by atoms with van der Waals surface area (Å²) in [5.74, 6) is -0.180. The van der Waals surface area contributed by atoms with Crippen molar-refractivity contribution >= 4 is 23.2 Å². The summed E-state index contributed by atoms with van der Waals surface area (Å²) in [6.07, 6.45) is 3.79. The minimum absolute atomic E-state index is 0.00916. The quantitative estimate of drug-likeness (QED) is 0.383. The summed E-state index contributed by atoms with van der Waals surface area (Å²) in [7, 11) is 0. The largest absolute Gasteiger partial charge is 0.379 e. The molecule has 0 spiro atoms. The van der Waals surface area contributed by atoms with Gasteiger partial charge in [-0.25, -0.2) is 0 Å². The van der Waals surface area contributed by atoms with Crippen LogP contribution in [0, 0.1) is 16.0 Å². The maximum atomic E-state index is 12.7. The SMILES string of the molecule is CCCCNC(=O)C1CCC(C)N(C(=O)CCNc2ccccc2[N+](=O)[O-])C1. The molecular weight excluding hydrogens is 360 g/mol. The van der Waals surface area contributed by atoms with Crippen molar-refractivity contribution in [2.45, 2.75) is 52.0 Å². The number of nitro groups is 1. The monoisotopic (exact) mass is 390 g/mol. The first-order valence-corrected chi connectivity index (χ1v) is 9.98. The van der Waals surface area contributed by atoms with E-state index in [1.165, 1.54) is 6.07 Å². The Kier molecular flexibility index (Phi) is 8.22. The zero-order valence-electron chi connectivity index (χ0n) is 16.6. The molecule has 1 fully saturated rings. The van der Waals surface area contributed by atoms with Crippen molar-refractivity contribution in [3.63, 3.8) is 0 Å². The van der Waals surface area contributed by atoms with Gasteiger partial charge in [-0.3, -0.25) is 19.7 Å². The molecule has 0 aromatic heterocycles. The third kappa shape index (κ3) is 5.94. The summed E-state index contributed by atoms with van der Waals surface area (Å²) in [4.78, 5) is 37.4. The summed E-state index contributed by atoms with van der Waals surface area (Å²) in [6, 6.07) is 6.47. The fraction of sp³-hybridized carbons (Fsp3) is 0.600. The highest BCUT2D eigenvalue weighted by Crippen LogP contribution is 2.24. The molecule has 8 heteroatoms. The predicted molar refractivity (Wildman–Crippen MR) is 108 cm³/mol. The van der Waals surface area contributed by atoms with Crippen LogP contribution < -0.4 is 10.6 Å². The summed E-state index contributed by atoms with van der Waals surface area (Å²) < 4.78 is 0. The smallest absolute Gasteiger partial charge is 0.292 e. The van der Waals surface area contributed by atoms with E-state index in [9.17, 15) is 19.7 Å². The number of piperidine rings is 1. The van der Waals surface area contributed by atoms with Crippen LogP contribution in [-0.2, 0) is 9.59 Å². The molecular formula is C20H30N4O4. The lowest BCUT2D eigenvalue weighted by atomic mass is 9.92. The normalized spacial score (nSPS) is 19.1. The number of carbonyl (C=O) groups is 2. The highest BCUT2D eigenvalue weighted by atomic mass is 16.6. The lowest BCUT2D eigenvalue weighted by Gasteiger charge is -2.37. The molecule has 1 heterocycles. The van der Waals surface area contributed by atoms with E-state index < -0.39 is 4.92 Å². The molecule has 2 amide bonds. The molecule has 8 nitrogen and oxygen atoms in total. The predicted octanol–water partition coefficient (Wildman–Crippen LogP) is 2.94. The number of likely N-dealkylation sites (tertiary alicyclic amines) is 1. The Morgan fingerprint density at radius 3 is 2.71 bits per heavy atom. The number of anilines is 1. The van der Waals surface area contributed by atoms with E-state index in [4.69, 9.17) is 0 Å². The second-order valence-corrected chi connectivity index (χ2v) is 7.27. The summed E-state index contributed by atoms with van der Waals surface area (Å²) >= 11 is 0. The van der Waals surface area contributed by atoms with Crippen molar-refractivity contribution in [2.75, 3.05) is 25.0 Å². The van der Waals surface area contributed by atoms with Gasteiger partial charge in [0.25, 0.3) is 5.69 Å². The van der Waals surface area contributed by atoms with Crippen molar-refractivity contribution in [2.24, 2.45) is 5.92 Å². The Labute approximate surface area is 165 Å². The van der Waals surface area contributed by atoms with Gasteiger partial charge in [-0.2, -0.15) is 0 Å². The lowest BCUT2D eigenvalue weighted by molar-refractivity contribution is -0.384. The molecule has 2 N–H and O–H groups in total. The lowest BCUT2D eigenvalue weighted by Crippen LogP contribution is -2.49. The Morgan fingerprint density at radius 1 is 1.25 bits per heavy atom. The van der Waals surface area contributed by atoms with E-state index in [0.717, 1.165) is 25.7 Å². The number of amides is 2. The van der Waals surface area contributed by atoms with Gasteiger partial charge in [0.1, 0.15) is 5.69 Å². The first kappa shape index (κ1) is 21.7. The second-order valence-electron chi connectivity index (χ2n) is 7.27. The van der Waals surface area contributed by atoms with Crippen LogP contribution in [0.1, 0.15) is 46.0 Å². The molecule has 0 radical (unpaired) electrons. The van der Waals surface area contributed by atoms with E-state index in [1.54, 1.807) is 23.1 Å². The standard InChI is InChI=1S/C20H30N4O4/c1-3-4-12-22-20(26)16-10-9-15(2)23(14-16)19(25)11-13-21-17-7-5-6-8-18(17)24(27)28/h5-8,15-16,21H,3-4,9-14H2,1-2H3,(H,22,26). The van der Waals surface area contributed by atoms with Gasteiger partial charge in [0.05, 0.1) is 10.8 Å². The fourth-order valence-electron chi connectivity index (χ4n) is 3.43. The fourth-order valence-corrected chi connectivity index (χ4v) is 3.43. The number of benzene rings is 1. The Bertz CT molecular complexity index is 695. The van der Waals surface area contributed by atoms with Crippen LogP contribution in [0.2, 0.25) is 0 Å². The zero-order valence-corrected chi connectivity index (χ0v) is 16.6. The Balaban J connectivity index is 1.86. The van der Waals surface area contributed by atoms with Crippen LogP contribution in [-0.4, -0.2) is 47.3 Å². The van der Waals surface area contributed by atoms with E-state index in [0.29, 0.717) is 25.3 Å². The Morgan fingerprint density at radius 2 is 2.00 bits per heavy atom. The third-order valence-corrected chi connectivity index (χ3v) is 5.16. The van der Waals surface area contributed by atoms with Gasteiger partial charge in [-0.15, -0.1) is 0 Å². The molecule has 1 aromatic rings. The van der Waals surface area contributed by atoms with Gasteiger partial charge < -0.3 is 15.5 Å². The van der Waals surface area contributed by atoms with E-state index in [-0.39, 0.29) is 35.9 Å². The van der Waals surface area contributed by atoms with Crippen molar-refractivity contribution in [1.29, 1.82) is 0 Å². The van der Waals surface area contributed by atoms with Crippen molar-refractivity contribution in [3.8, 4) is 0 Å². The molecule has 2 atom stereocenters. The van der Waals surface area contributed by atoms with Crippen LogP contribution in [0.25, 0.3) is 0 Å². The zero-order chi connectivity index (χ0) is 20.5. The molecule has 28 heavy (non-hydrogen) atoms. The average Bonchev–Trinajstić information content (AvgIpc) is 2.68. The highest BCUT2D eigenvalue weighted by Gasteiger charge is 2.32. The third-order valence-electron chi connectivity index (χ3n) is 5.16. The summed E-state index contributed by atoms with van der Waals surface area (Å²) in [5.41, 5.74) is 0.394. The van der Waals surface area contributed by atoms with E-state index in [1.807, 2.05) is 6.92 Å². The van der Waals surface area contributed by atoms with Crippen LogP contribution in [0.3, 0.4) is 0 Å². The van der Waals surface area contributed by atoms with Crippen molar-refractivity contribution in [1.82, 2.24) is 10.2 Å². The van der Waals surface area contributed by atoms with Gasteiger partial charge in [0, 0.05) is 38.2 Å². The molecule has 0 aliphatic carbocycles. The topological polar surface area (TPSA) is 105 Å². The van der Waals surface area contributed by atoms with Crippen LogP contribution in [0.4, 0.5) is 11.4 Å². The first-order valence-electron chi connectivity index (χ1n) is 9.98. The van der Waals surface area contributed by atoms with Crippen LogP contribution >= 0.6 is 0 Å². The number of hydrogen-bond donors (Lipinski definition) is 2. The number of nitro benzene ring substituents is 1. The van der Waals surface area contributed by atoms with Crippen LogP contribution in [0.5, 0.6) is 0 Å². The molecule has 1 aliphatic heterocycles. The molecule has 1 aromatic carbocycles. The average molecular weight is 390 g/mol. The minimum atomic E-state index is -0.446. The first-order chi connectivity index (χ1) is 13.4. The van der Waals surface area contributed by atoms with Crippen molar-refractivity contribution in [3.05, 3.63) is 34.4 Å². The van der Waals surface area contributed by atoms with Crippen LogP contribution in [0.15, 0.2) is 24.3 Å². The van der Waals surface area contributed by atoms with Gasteiger partial charge in [0.15, 0.2) is 0 Å². The van der Waals surface area contributed by atoms with Gasteiger partial charge in [-0.05, 0) is 32.3 Å². The number of carbonyl (C=O) groups excluding carboxylic acids is 2.